The molecule has 0 spiro atoms. The predicted octanol–water partition coefficient (Wildman–Crippen LogP) is 3.35. The van der Waals surface area contributed by atoms with Crippen LogP contribution in [0.1, 0.15) is 22.8 Å². The van der Waals surface area contributed by atoms with Crippen molar-refractivity contribution in [2.75, 3.05) is 13.2 Å². The molecular weight excluding hydrogens is 337 g/mol. The fourth-order valence-electron chi connectivity index (χ4n) is 2.05. The number of para-hydroxylation sites is 1. The molecule has 2 aromatic rings. The molecule has 0 aliphatic rings. The highest BCUT2D eigenvalue weighted by atomic mass is 19.4. The van der Waals surface area contributed by atoms with Gasteiger partial charge >= 0.3 is 6.18 Å². The van der Waals surface area contributed by atoms with Gasteiger partial charge in [0, 0.05) is 18.3 Å². The number of halogens is 3. The van der Waals surface area contributed by atoms with Gasteiger partial charge in [0.05, 0.1) is 6.61 Å². The highest BCUT2D eigenvalue weighted by Crippen LogP contribution is 2.21. The second-order valence-corrected chi connectivity index (χ2v) is 4.98. The minimum atomic E-state index is -4.51. The molecule has 1 heterocycles. The van der Waals surface area contributed by atoms with E-state index in [2.05, 4.69) is 15.0 Å². The number of carbonyl (C=O) groups is 1. The summed E-state index contributed by atoms with van der Waals surface area (Å²) in [6, 6.07) is 9.96. The van der Waals surface area contributed by atoms with Crippen molar-refractivity contribution < 1.29 is 27.4 Å². The number of rotatable bonds is 7. The number of hydrogen-bond acceptors (Lipinski definition) is 4. The molecule has 5 nitrogen and oxygen atoms in total. The first kappa shape index (κ1) is 18.6. The van der Waals surface area contributed by atoms with Gasteiger partial charge in [-0.05, 0) is 25.1 Å². The second-order valence-electron chi connectivity index (χ2n) is 4.98. The zero-order chi connectivity index (χ0) is 18.3. The molecular formula is C17H17F3N2O3. The Balaban J connectivity index is 2.06. The fraction of sp³-hybridized carbons (Fsp3) is 0.294. The number of pyridine rings is 1. The van der Waals surface area contributed by atoms with E-state index in [-0.39, 0.29) is 18.0 Å². The minimum absolute atomic E-state index is 0.0689. The van der Waals surface area contributed by atoms with E-state index in [1.165, 1.54) is 18.3 Å². The van der Waals surface area contributed by atoms with Crippen LogP contribution < -0.4 is 14.8 Å². The molecule has 0 radical (unpaired) electrons. The SMILES string of the molecule is CCOc1ccccc1CNC(=O)c1cccnc1OCC(F)(F)F. The van der Waals surface area contributed by atoms with E-state index < -0.39 is 18.7 Å². The lowest BCUT2D eigenvalue weighted by atomic mass is 10.2. The van der Waals surface area contributed by atoms with Crippen LogP contribution in [0.4, 0.5) is 13.2 Å². The van der Waals surface area contributed by atoms with E-state index in [9.17, 15) is 18.0 Å². The summed E-state index contributed by atoms with van der Waals surface area (Å²) < 4.78 is 47.0. The number of ether oxygens (including phenoxy) is 2. The molecule has 0 saturated carbocycles. The van der Waals surface area contributed by atoms with Gasteiger partial charge in [-0.25, -0.2) is 4.98 Å². The van der Waals surface area contributed by atoms with Crippen LogP contribution in [0.2, 0.25) is 0 Å². The van der Waals surface area contributed by atoms with E-state index in [0.717, 1.165) is 5.56 Å². The molecule has 0 atom stereocenters. The van der Waals surface area contributed by atoms with Crippen LogP contribution in [-0.4, -0.2) is 30.3 Å². The van der Waals surface area contributed by atoms with E-state index in [4.69, 9.17) is 4.74 Å². The third-order valence-corrected chi connectivity index (χ3v) is 3.10. The quantitative estimate of drug-likeness (QED) is 0.828. The number of nitrogens with zero attached hydrogens (tertiary/aromatic N) is 1. The molecule has 0 saturated heterocycles. The first-order valence-corrected chi connectivity index (χ1v) is 7.54. The summed E-state index contributed by atoms with van der Waals surface area (Å²) in [5, 5.41) is 2.63. The Hall–Kier alpha value is -2.77. The molecule has 1 N–H and O–H groups in total. The monoisotopic (exact) mass is 354 g/mol. The van der Waals surface area contributed by atoms with Gasteiger partial charge in [0.15, 0.2) is 6.61 Å². The van der Waals surface area contributed by atoms with Crippen molar-refractivity contribution >= 4 is 5.91 Å². The van der Waals surface area contributed by atoms with Crippen LogP contribution in [-0.2, 0) is 6.54 Å². The van der Waals surface area contributed by atoms with Crippen molar-refractivity contribution in [1.29, 1.82) is 0 Å². The van der Waals surface area contributed by atoms with Gasteiger partial charge in [-0.3, -0.25) is 4.79 Å². The minimum Gasteiger partial charge on any atom is -0.494 e. The van der Waals surface area contributed by atoms with Gasteiger partial charge in [-0.1, -0.05) is 18.2 Å². The van der Waals surface area contributed by atoms with Crippen molar-refractivity contribution in [2.45, 2.75) is 19.6 Å². The number of nitrogens with one attached hydrogen (secondary N) is 1. The Bertz CT molecular complexity index is 720. The zero-order valence-electron chi connectivity index (χ0n) is 13.5. The number of alkyl halides is 3. The molecule has 25 heavy (non-hydrogen) atoms. The van der Waals surface area contributed by atoms with Crippen molar-refractivity contribution in [3.63, 3.8) is 0 Å². The van der Waals surface area contributed by atoms with Crippen LogP contribution in [0, 0.1) is 0 Å². The van der Waals surface area contributed by atoms with E-state index in [0.29, 0.717) is 12.4 Å². The Morgan fingerprint density at radius 2 is 1.92 bits per heavy atom. The Kier molecular flexibility index (Phi) is 6.21. The fourth-order valence-corrected chi connectivity index (χ4v) is 2.05. The molecule has 0 fully saturated rings. The number of hydrogen-bond donors (Lipinski definition) is 1. The second kappa shape index (κ2) is 8.36. The lowest BCUT2D eigenvalue weighted by molar-refractivity contribution is -0.154. The first-order chi connectivity index (χ1) is 11.9. The lowest BCUT2D eigenvalue weighted by Gasteiger charge is -2.13. The molecule has 0 aliphatic heterocycles. The van der Waals surface area contributed by atoms with Gasteiger partial charge in [-0.2, -0.15) is 13.2 Å². The Labute approximate surface area is 142 Å². The maximum Gasteiger partial charge on any atom is 0.422 e. The summed E-state index contributed by atoms with van der Waals surface area (Å²) in [4.78, 5) is 16.0. The largest absolute Gasteiger partial charge is 0.494 e. The maximum atomic E-state index is 12.3. The molecule has 1 amide bonds. The summed E-state index contributed by atoms with van der Waals surface area (Å²) in [7, 11) is 0. The van der Waals surface area contributed by atoms with Crippen molar-refractivity contribution in [3.8, 4) is 11.6 Å². The molecule has 1 aromatic heterocycles. The first-order valence-electron chi connectivity index (χ1n) is 7.54. The van der Waals surface area contributed by atoms with Gasteiger partial charge in [0.25, 0.3) is 5.91 Å². The summed E-state index contributed by atoms with van der Waals surface area (Å²) in [6.07, 6.45) is -3.26. The van der Waals surface area contributed by atoms with Crippen molar-refractivity contribution in [3.05, 3.63) is 53.7 Å². The van der Waals surface area contributed by atoms with Crippen LogP contribution in [0.15, 0.2) is 42.6 Å². The number of carbonyl (C=O) groups excluding carboxylic acids is 1. The average molecular weight is 354 g/mol. The molecule has 0 unspecified atom stereocenters. The van der Waals surface area contributed by atoms with Gasteiger partial charge in [0.2, 0.25) is 5.88 Å². The van der Waals surface area contributed by atoms with Crippen LogP contribution in [0.3, 0.4) is 0 Å². The third-order valence-electron chi connectivity index (χ3n) is 3.10. The molecule has 0 aliphatic carbocycles. The topological polar surface area (TPSA) is 60.5 Å². The number of amides is 1. The molecule has 134 valence electrons. The standard InChI is InChI=1S/C17H17F3N2O3/c1-2-24-14-8-4-3-6-12(14)10-22-15(23)13-7-5-9-21-16(13)25-11-17(18,19)20/h3-9H,2,10-11H2,1H3,(H,22,23). The van der Waals surface area contributed by atoms with Crippen molar-refractivity contribution in [2.24, 2.45) is 0 Å². The van der Waals surface area contributed by atoms with Crippen molar-refractivity contribution in [1.82, 2.24) is 10.3 Å². The molecule has 1 aromatic carbocycles. The molecule has 0 bridgehead atoms. The smallest absolute Gasteiger partial charge is 0.422 e. The highest BCUT2D eigenvalue weighted by Gasteiger charge is 2.29. The van der Waals surface area contributed by atoms with E-state index >= 15 is 0 Å². The zero-order valence-corrected chi connectivity index (χ0v) is 13.5. The summed E-state index contributed by atoms with van der Waals surface area (Å²) in [5.74, 6) is -0.322. The predicted molar refractivity (Wildman–Crippen MR) is 84.6 cm³/mol. The van der Waals surface area contributed by atoms with Crippen LogP contribution >= 0.6 is 0 Å². The third kappa shape index (κ3) is 5.66. The molecule has 8 heteroatoms. The maximum absolute atomic E-state index is 12.3. The van der Waals surface area contributed by atoms with E-state index in [1.54, 1.807) is 24.3 Å². The van der Waals surface area contributed by atoms with E-state index in [1.807, 2.05) is 6.92 Å². The highest BCUT2D eigenvalue weighted by molar-refractivity contribution is 5.96. The summed E-state index contributed by atoms with van der Waals surface area (Å²) in [6.45, 7) is 0.957. The van der Waals surface area contributed by atoms with Gasteiger partial charge in [0.1, 0.15) is 11.3 Å². The van der Waals surface area contributed by atoms with Crippen LogP contribution in [0.25, 0.3) is 0 Å². The Morgan fingerprint density at radius 1 is 1.16 bits per heavy atom. The van der Waals surface area contributed by atoms with Crippen LogP contribution in [0.5, 0.6) is 11.6 Å². The normalized spacial score (nSPS) is 11.0. The average Bonchev–Trinajstić information content (AvgIpc) is 2.59. The lowest BCUT2D eigenvalue weighted by Crippen LogP contribution is -2.25. The van der Waals surface area contributed by atoms with Gasteiger partial charge < -0.3 is 14.8 Å². The number of benzene rings is 1. The summed E-state index contributed by atoms with van der Waals surface area (Å²) >= 11 is 0. The number of aromatic nitrogens is 1. The Morgan fingerprint density at radius 3 is 2.64 bits per heavy atom. The summed E-state index contributed by atoms with van der Waals surface area (Å²) in [5.41, 5.74) is 0.681. The van der Waals surface area contributed by atoms with Gasteiger partial charge in [-0.15, -0.1) is 0 Å². The molecule has 2 rings (SSSR count).